The van der Waals surface area contributed by atoms with Crippen LogP contribution < -0.4 is 0 Å². The molecule has 0 spiro atoms. The van der Waals surface area contributed by atoms with Crippen LogP contribution in [0.3, 0.4) is 0 Å². The van der Waals surface area contributed by atoms with E-state index in [1.807, 2.05) is 12.3 Å². The molecule has 1 N–H and O–H groups in total. The average molecular weight is 348 g/mol. The lowest BCUT2D eigenvalue weighted by molar-refractivity contribution is -0.385. The van der Waals surface area contributed by atoms with Gasteiger partial charge in [0, 0.05) is 31.8 Å². The first-order valence-corrected chi connectivity index (χ1v) is 8.79. The van der Waals surface area contributed by atoms with Crippen molar-refractivity contribution < 1.29 is 14.8 Å². The summed E-state index contributed by atoms with van der Waals surface area (Å²) in [4.78, 5) is 12.6. The van der Waals surface area contributed by atoms with Crippen molar-refractivity contribution in [3.05, 3.63) is 62.3 Å². The number of hydrogen-bond donors (Lipinski definition) is 1. The van der Waals surface area contributed by atoms with Crippen molar-refractivity contribution in [2.45, 2.75) is 25.2 Å². The number of thiophene rings is 1. The predicted molar refractivity (Wildman–Crippen MR) is 92.1 cm³/mol. The van der Waals surface area contributed by atoms with Crippen molar-refractivity contribution in [2.24, 2.45) is 0 Å². The van der Waals surface area contributed by atoms with Crippen LogP contribution in [0.4, 0.5) is 5.69 Å². The summed E-state index contributed by atoms with van der Waals surface area (Å²) in [6.07, 6.45) is -0.698. The Bertz CT molecular complexity index is 692. The molecule has 1 saturated heterocycles. The van der Waals surface area contributed by atoms with Gasteiger partial charge in [0.2, 0.25) is 0 Å². The van der Waals surface area contributed by atoms with E-state index in [-0.39, 0.29) is 17.9 Å². The van der Waals surface area contributed by atoms with E-state index < -0.39 is 11.0 Å². The van der Waals surface area contributed by atoms with E-state index in [2.05, 4.69) is 16.3 Å². The number of morpholine rings is 1. The fraction of sp³-hybridized carbons (Fsp3) is 0.412. The lowest BCUT2D eigenvalue weighted by Gasteiger charge is -2.37. The minimum atomic E-state index is -0.765. The minimum Gasteiger partial charge on any atom is -0.387 e. The molecule has 128 valence electrons. The second-order valence-corrected chi connectivity index (χ2v) is 6.86. The fourth-order valence-electron chi connectivity index (χ4n) is 3.03. The van der Waals surface area contributed by atoms with Crippen molar-refractivity contribution >= 4 is 17.0 Å². The Morgan fingerprint density at radius 3 is 3.00 bits per heavy atom. The van der Waals surface area contributed by atoms with Gasteiger partial charge < -0.3 is 9.84 Å². The molecular formula is C17H20N2O4S. The quantitative estimate of drug-likeness (QED) is 0.663. The predicted octanol–water partition coefficient (Wildman–Crippen LogP) is 3.15. The van der Waals surface area contributed by atoms with Crippen LogP contribution in [0.15, 0.2) is 41.1 Å². The zero-order valence-electron chi connectivity index (χ0n) is 13.4. The fourth-order valence-corrected chi connectivity index (χ4v) is 3.73. The van der Waals surface area contributed by atoms with Gasteiger partial charge in [-0.25, -0.2) is 0 Å². The molecule has 0 saturated carbocycles. The summed E-state index contributed by atoms with van der Waals surface area (Å²) in [7, 11) is 0. The number of hydrogen-bond acceptors (Lipinski definition) is 6. The number of aliphatic hydroxyl groups excluding tert-OH is 1. The number of ether oxygens (including phenoxy) is 1. The minimum absolute atomic E-state index is 0.00181. The molecule has 1 aromatic heterocycles. The van der Waals surface area contributed by atoms with E-state index in [9.17, 15) is 15.2 Å². The van der Waals surface area contributed by atoms with Crippen LogP contribution in [0.1, 0.15) is 30.3 Å². The molecule has 0 aliphatic carbocycles. The van der Waals surface area contributed by atoms with E-state index >= 15 is 0 Å². The Morgan fingerprint density at radius 1 is 1.46 bits per heavy atom. The summed E-state index contributed by atoms with van der Waals surface area (Å²) in [5, 5.41) is 25.5. The van der Waals surface area contributed by atoms with Crippen molar-refractivity contribution in [1.29, 1.82) is 0 Å². The van der Waals surface area contributed by atoms with Gasteiger partial charge in [-0.2, -0.15) is 11.3 Å². The Balaban J connectivity index is 1.68. The van der Waals surface area contributed by atoms with Gasteiger partial charge in [-0.15, -0.1) is 0 Å². The summed E-state index contributed by atoms with van der Waals surface area (Å²) in [6, 6.07) is 8.25. The maximum atomic E-state index is 10.9. The van der Waals surface area contributed by atoms with E-state index in [1.165, 1.54) is 12.1 Å². The maximum absolute atomic E-state index is 10.9. The van der Waals surface area contributed by atoms with Crippen LogP contribution in [0.5, 0.6) is 0 Å². The van der Waals surface area contributed by atoms with Gasteiger partial charge in [0.1, 0.15) is 0 Å². The molecule has 7 heteroatoms. The molecule has 2 aromatic rings. The van der Waals surface area contributed by atoms with E-state index in [0.717, 1.165) is 12.1 Å². The Hall–Kier alpha value is -1.80. The van der Waals surface area contributed by atoms with Gasteiger partial charge in [0.25, 0.3) is 5.69 Å². The highest BCUT2D eigenvalue weighted by Gasteiger charge is 2.28. The lowest BCUT2D eigenvalue weighted by atomic mass is 10.1. The topological polar surface area (TPSA) is 75.8 Å². The van der Waals surface area contributed by atoms with Crippen LogP contribution >= 0.6 is 11.3 Å². The summed E-state index contributed by atoms with van der Waals surface area (Å²) in [5.74, 6) is 0. The van der Waals surface area contributed by atoms with E-state index in [4.69, 9.17) is 4.74 Å². The highest BCUT2D eigenvalue weighted by molar-refractivity contribution is 7.07. The number of β-amino-alcohol motifs (C(OH)–C–C–N with tert-alkyl or cyclic N) is 1. The SMILES string of the molecule is CC1CN(CC(O)c2cccc([N+](=O)[O-])c2)CC(c2ccsc2)O1. The monoisotopic (exact) mass is 348 g/mol. The molecule has 3 atom stereocenters. The van der Waals surface area contributed by atoms with Crippen molar-refractivity contribution in [2.75, 3.05) is 19.6 Å². The Morgan fingerprint density at radius 2 is 2.29 bits per heavy atom. The largest absolute Gasteiger partial charge is 0.387 e. The van der Waals surface area contributed by atoms with Crippen molar-refractivity contribution in [1.82, 2.24) is 4.90 Å². The van der Waals surface area contributed by atoms with Crippen LogP contribution in [-0.2, 0) is 4.74 Å². The third kappa shape index (κ3) is 3.99. The summed E-state index contributed by atoms with van der Waals surface area (Å²) in [6.45, 7) is 3.88. The normalized spacial score (nSPS) is 23.1. The molecule has 1 aromatic carbocycles. The molecule has 0 radical (unpaired) electrons. The van der Waals surface area contributed by atoms with Gasteiger partial charge in [0.05, 0.1) is 23.2 Å². The average Bonchev–Trinajstić information content (AvgIpc) is 3.09. The van der Waals surface area contributed by atoms with Gasteiger partial charge in [-0.1, -0.05) is 12.1 Å². The summed E-state index contributed by atoms with van der Waals surface area (Å²) < 4.78 is 5.99. The summed E-state index contributed by atoms with van der Waals surface area (Å²) >= 11 is 1.64. The molecule has 1 aliphatic heterocycles. The van der Waals surface area contributed by atoms with Crippen molar-refractivity contribution in [3.63, 3.8) is 0 Å². The number of nitro benzene ring substituents is 1. The van der Waals surface area contributed by atoms with Gasteiger partial charge in [-0.05, 0) is 34.9 Å². The first-order chi connectivity index (χ1) is 11.5. The zero-order valence-corrected chi connectivity index (χ0v) is 14.2. The van der Waals surface area contributed by atoms with Crippen LogP contribution in [0.2, 0.25) is 0 Å². The van der Waals surface area contributed by atoms with Crippen LogP contribution in [0, 0.1) is 10.1 Å². The number of aliphatic hydroxyl groups is 1. The Kier molecular flexibility index (Phi) is 5.25. The maximum Gasteiger partial charge on any atom is 0.269 e. The number of rotatable bonds is 5. The van der Waals surface area contributed by atoms with E-state index in [0.29, 0.717) is 18.7 Å². The smallest absolute Gasteiger partial charge is 0.269 e. The number of nitrogens with zero attached hydrogens (tertiary/aromatic N) is 2. The van der Waals surface area contributed by atoms with Gasteiger partial charge >= 0.3 is 0 Å². The highest BCUT2D eigenvalue weighted by Crippen LogP contribution is 2.28. The third-order valence-corrected chi connectivity index (χ3v) is 4.85. The van der Waals surface area contributed by atoms with Gasteiger partial charge in [-0.3, -0.25) is 15.0 Å². The highest BCUT2D eigenvalue weighted by atomic mass is 32.1. The van der Waals surface area contributed by atoms with Crippen molar-refractivity contribution in [3.8, 4) is 0 Å². The molecule has 0 bridgehead atoms. The van der Waals surface area contributed by atoms with E-state index in [1.54, 1.807) is 23.5 Å². The second-order valence-electron chi connectivity index (χ2n) is 6.08. The number of nitro groups is 1. The molecule has 24 heavy (non-hydrogen) atoms. The second kappa shape index (κ2) is 7.40. The molecule has 1 aliphatic rings. The molecule has 6 nitrogen and oxygen atoms in total. The summed E-state index contributed by atoms with van der Waals surface area (Å²) in [5.41, 5.74) is 1.72. The zero-order chi connectivity index (χ0) is 17.1. The first-order valence-electron chi connectivity index (χ1n) is 7.85. The van der Waals surface area contributed by atoms with Crippen LogP contribution in [0.25, 0.3) is 0 Å². The Labute approximate surface area is 144 Å². The third-order valence-electron chi connectivity index (χ3n) is 4.15. The number of non-ortho nitro benzene ring substituents is 1. The molecule has 1 fully saturated rings. The molecule has 3 rings (SSSR count). The standard InChI is InChI=1S/C17H20N2O4S/c1-12-8-18(10-17(23-12)14-5-6-24-11-14)9-16(20)13-3-2-4-15(7-13)19(21)22/h2-7,11-12,16-17,20H,8-10H2,1H3. The molecule has 3 unspecified atom stereocenters. The number of benzene rings is 1. The molecular weight excluding hydrogens is 328 g/mol. The van der Waals surface area contributed by atoms with Gasteiger partial charge in [0.15, 0.2) is 0 Å². The van der Waals surface area contributed by atoms with Crippen LogP contribution in [-0.4, -0.2) is 40.7 Å². The molecule has 0 amide bonds. The lowest BCUT2D eigenvalue weighted by Crippen LogP contribution is -2.44. The first kappa shape index (κ1) is 17.0. The molecule has 2 heterocycles.